The maximum absolute atomic E-state index is 9.49. The lowest BCUT2D eigenvalue weighted by atomic mass is 9.63. The Bertz CT molecular complexity index is 423. The van der Waals surface area contributed by atoms with Gasteiger partial charge in [-0.3, -0.25) is 4.98 Å². The Balaban J connectivity index is 2.76. The van der Waals surface area contributed by atoms with Gasteiger partial charge in [0.05, 0.1) is 0 Å². The second kappa shape index (κ2) is 3.19. The molecule has 3 heteroatoms. The fourth-order valence-corrected chi connectivity index (χ4v) is 1.50. The summed E-state index contributed by atoms with van der Waals surface area (Å²) < 4.78 is 0. The summed E-state index contributed by atoms with van der Waals surface area (Å²) in [5, 5.41) is 11.6. The van der Waals surface area contributed by atoms with Crippen molar-refractivity contribution >= 4 is 23.2 Å². The second-order valence-electron chi connectivity index (χ2n) is 3.12. The van der Waals surface area contributed by atoms with E-state index in [9.17, 15) is 5.02 Å². The summed E-state index contributed by atoms with van der Waals surface area (Å²) in [6.07, 6.45) is 3.55. The van der Waals surface area contributed by atoms with Crippen molar-refractivity contribution in [2.75, 3.05) is 0 Å². The molecule has 0 unspecified atom stereocenters. The molecule has 0 spiro atoms. The van der Waals surface area contributed by atoms with E-state index in [1.54, 1.807) is 19.2 Å². The maximum atomic E-state index is 9.49. The van der Waals surface area contributed by atoms with Crippen molar-refractivity contribution in [2.24, 2.45) is 0 Å². The Hall–Kier alpha value is -1.35. The van der Waals surface area contributed by atoms with Gasteiger partial charge >= 0.3 is 6.92 Å². The third kappa shape index (κ3) is 1.43. The molecule has 2 aromatic rings. The lowest BCUT2D eigenvalue weighted by Crippen LogP contribution is -2.26. The zero-order valence-electron chi connectivity index (χ0n) is 7.44. The first-order valence-corrected chi connectivity index (χ1v) is 4.30. The molecule has 2 rings (SSSR count). The predicted molar refractivity (Wildman–Crippen MR) is 55.2 cm³/mol. The van der Waals surface area contributed by atoms with E-state index in [4.69, 9.17) is 0 Å². The van der Waals surface area contributed by atoms with Gasteiger partial charge in [-0.2, -0.15) is 0 Å². The number of hydrogen-bond acceptors (Lipinski definition) is 2. The monoisotopic (exact) mass is 171 g/mol. The van der Waals surface area contributed by atoms with Crippen LogP contribution in [0.15, 0.2) is 36.7 Å². The normalized spacial score (nSPS) is 10.3. The molecule has 0 bridgehead atoms. The van der Waals surface area contributed by atoms with E-state index in [0.717, 1.165) is 16.2 Å². The molecule has 0 saturated carbocycles. The third-order valence-electron chi connectivity index (χ3n) is 2.17. The number of pyridine rings is 1. The van der Waals surface area contributed by atoms with Crippen LogP contribution in [0.3, 0.4) is 0 Å². The van der Waals surface area contributed by atoms with E-state index >= 15 is 0 Å². The van der Waals surface area contributed by atoms with E-state index in [-0.39, 0.29) is 0 Å². The van der Waals surface area contributed by atoms with Gasteiger partial charge in [0.15, 0.2) is 0 Å². The Kier molecular flexibility index (Phi) is 2.03. The van der Waals surface area contributed by atoms with E-state index in [1.165, 1.54) is 0 Å². The van der Waals surface area contributed by atoms with Crippen molar-refractivity contribution < 1.29 is 5.02 Å². The average molecular weight is 171 g/mol. The van der Waals surface area contributed by atoms with E-state index in [2.05, 4.69) is 4.98 Å². The highest BCUT2D eigenvalue weighted by Crippen LogP contribution is 2.09. The summed E-state index contributed by atoms with van der Waals surface area (Å²) in [4.78, 5) is 4.04. The lowest BCUT2D eigenvalue weighted by molar-refractivity contribution is 0.594. The van der Waals surface area contributed by atoms with Crippen LogP contribution in [0.1, 0.15) is 0 Å². The standard InChI is InChI=1S/C10H10BNO/c1-11(13)10-4-2-3-8-5-6-12-7-9(8)10/h2-7,13H,1H3. The second-order valence-corrected chi connectivity index (χ2v) is 3.12. The zero-order chi connectivity index (χ0) is 9.26. The van der Waals surface area contributed by atoms with Crippen molar-refractivity contribution in [3.8, 4) is 0 Å². The Labute approximate surface area is 77.3 Å². The van der Waals surface area contributed by atoms with E-state index in [1.807, 2.05) is 24.3 Å². The number of rotatable bonds is 1. The fourth-order valence-electron chi connectivity index (χ4n) is 1.50. The molecule has 1 aromatic carbocycles. The van der Waals surface area contributed by atoms with Crippen LogP contribution in [0, 0.1) is 0 Å². The molecule has 0 aliphatic rings. The van der Waals surface area contributed by atoms with Crippen LogP contribution in [0.2, 0.25) is 6.82 Å². The van der Waals surface area contributed by atoms with Gasteiger partial charge in [-0.15, -0.1) is 0 Å². The summed E-state index contributed by atoms with van der Waals surface area (Å²) >= 11 is 0. The maximum Gasteiger partial charge on any atom is 0.321 e. The van der Waals surface area contributed by atoms with Gasteiger partial charge in [-0.1, -0.05) is 25.0 Å². The Morgan fingerprint density at radius 3 is 2.92 bits per heavy atom. The number of fused-ring (bicyclic) bond motifs is 1. The van der Waals surface area contributed by atoms with Crippen LogP contribution in [0.25, 0.3) is 10.8 Å². The number of benzene rings is 1. The SMILES string of the molecule is CB(O)c1cccc2ccncc12. The van der Waals surface area contributed by atoms with Crippen LogP contribution >= 0.6 is 0 Å². The van der Waals surface area contributed by atoms with Gasteiger partial charge in [-0.25, -0.2) is 0 Å². The van der Waals surface area contributed by atoms with Crippen LogP contribution in [-0.4, -0.2) is 16.9 Å². The Morgan fingerprint density at radius 1 is 1.31 bits per heavy atom. The average Bonchev–Trinajstić information content (AvgIpc) is 2.17. The predicted octanol–water partition coefficient (Wildman–Crippen LogP) is 1.06. The van der Waals surface area contributed by atoms with Crippen LogP contribution < -0.4 is 5.46 Å². The van der Waals surface area contributed by atoms with Gasteiger partial charge in [0.1, 0.15) is 0 Å². The first-order valence-electron chi connectivity index (χ1n) is 4.30. The van der Waals surface area contributed by atoms with Gasteiger partial charge in [0, 0.05) is 12.4 Å². The minimum atomic E-state index is -0.437. The van der Waals surface area contributed by atoms with Crippen molar-refractivity contribution in [2.45, 2.75) is 6.82 Å². The number of nitrogens with zero attached hydrogens (tertiary/aromatic N) is 1. The van der Waals surface area contributed by atoms with Crippen molar-refractivity contribution in [3.05, 3.63) is 36.7 Å². The number of aromatic nitrogens is 1. The Morgan fingerprint density at radius 2 is 2.15 bits per heavy atom. The minimum absolute atomic E-state index is 0.437. The molecular weight excluding hydrogens is 161 g/mol. The molecule has 1 N–H and O–H groups in total. The zero-order valence-corrected chi connectivity index (χ0v) is 7.44. The van der Waals surface area contributed by atoms with Crippen LogP contribution in [0.5, 0.6) is 0 Å². The van der Waals surface area contributed by atoms with Gasteiger partial charge in [-0.05, 0) is 22.3 Å². The summed E-state index contributed by atoms with van der Waals surface area (Å²) in [5.74, 6) is 0. The molecule has 0 fully saturated rings. The topological polar surface area (TPSA) is 33.1 Å². The van der Waals surface area contributed by atoms with Crippen molar-refractivity contribution in [1.29, 1.82) is 0 Å². The summed E-state index contributed by atoms with van der Waals surface area (Å²) in [6.45, 7) is 1.33. The van der Waals surface area contributed by atoms with Crippen molar-refractivity contribution in [1.82, 2.24) is 4.98 Å². The van der Waals surface area contributed by atoms with E-state index in [0.29, 0.717) is 0 Å². The summed E-state index contributed by atoms with van der Waals surface area (Å²) in [7, 11) is 0. The van der Waals surface area contributed by atoms with Crippen LogP contribution in [0.4, 0.5) is 0 Å². The molecule has 2 nitrogen and oxygen atoms in total. The molecule has 0 atom stereocenters. The highest BCUT2D eigenvalue weighted by atomic mass is 16.2. The highest BCUT2D eigenvalue weighted by molar-refractivity contribution is 6.67. The quantitative estimate of drug-likeness (QED) is 0.650. The van der Waals surface area contributed by atoms with Crippen LogP contribution in [-0.2, 0) is 0 Å². The molecule has 0 radical (unpaired) electrons. The molecule has 1 heterocycles. The molecule has 0 aliphatic heterocycles. The van der Waals surface area contributed by atoms with E-state index < -0.39 is 6.92 Å². The van der Waals surface area contributed by atoms with Gasteiger partial charge < -0.3 is 5.02 Å². The highest BCUT2D eigenvalue weighted by Gasteiger charge is 2.09. The minimum Gasteiger partial charge on any atom is -0.446 e. The largest absolute Gasteiger partial charge is 0.446 e. The summed E-state index contributed by atoms with van der Waals surface area (Å²) in [6, 6.07) is 7.84. The fraction of sp³-hybridized carbons (Fsp3) is 0.100. The molecule has 0 saturated heterocycles. The smallest absolute Gasteiger partial charge is 0.321 e. The molecule has 13 heavy (non-hydrogen) atoms. The van der Waals surface area contributed by atoms with Gasteiger partial charge in [0.2, 0.25) is 0 Å². The third-order valence-corrected chi connectivity index (χ3v) is 2.17. The molecule has 0 aliphatic carbocycles. The molecule has 1 aromatic heterocycles. The molecular formula is C10H10BNO. The molecule has 64 valence electrons. The van der Waals surface area contributed by atoms with Gasteiger partial charge in [0.25, 0.3) is 0 Å². The lowest BCUT2D eigenvalue weighted by Gasteiger charge is -2.04. The first kappa shape index (κ1) is 8.26. The number of hydrogen-bond donors (Lipinski definition) is 1. The first-order chi connectivity index (χ1) is 6.29. The van der Waals surface area contributed by atoms with Crippen molar-refractivity contribution in [3.63, 3.8) is 0 Å². The summed E-state index contributed by atoms with van der Waals surface area (Å²) in [5.41, 5.74) is 0.936. The molecule has 0 amide bonds.